The fourth-order valence-corrected chi connectivity index (χ4v) is 1.90. The van der Waals surface area contributed by atoms with Gasteiger partial charge in [0.05, 0.1) is 11.7 Å². The summed E-state index contributed by atoms with van der Waals surface area (Å²) in [6.07, 6.45) is 7.56. The number of hydrogen-bond donors (Lipinski definition) is 1. The lowest BCUT2D eigenvalue weighted by Gasteiger charge is -2.01. The van der Waals surface area contributed by atoms with Gasteiger partial charge in [-0.15, -0.1) is 0 Å². The number of rotatable bonds is 5. The number of aliphatic hydroxyl groups excluding tert-OH is 1. The van der Waals surface area contributed by atoms with Crippen molar-refractivity contribution in [3.05, 3.63) is 24.3 Å². The molecule has 0 saturated carbocycles. The summed E-state index contributed by atoms with van der Waals surface area (Å²) >= 11 is 0. The van der Waals surface area contributed by atoms with E-state index in [1.165, 1.54) is 0 Å². The average Bonchev–Trinajstić information content (AvgIpc) is 2.63. The third-order valence-corrected chi connectivity index (χ3v) is 2.83. The SMILES string of the molecule is Cn1c(CCCCCO)nc2cnccc21. The molecule has 2 aromatic heterocycles. The zero-order valence-electron chi connectivity index (χ0n) is 9.56. The zero-order chi connectivity index (χ0) is 11.4. The van der Waals surface area contributed by atoms with Gasteiger partial charge >= 0.3 is 0 Å². The number of hydrogen-bond acceptors (Lipinski definition) is 3. The summed E-state index contributed by atoms with van der Waals surface area (Å²) in [6, 6.07) is 1.99. The Bertz CT molecular complexity index is 464. The Labute approximate surface area is 95.0 Å². The van der Waals surface area contributed by atoms with Crippen LogP contribution < -0.4 is 0 Å². The van der Waals surface area contributed by atoms with E-state index in [2.05, 4.69) is 14.5 Å². The number of fused-ring (bicyclic) bond motifs is 1. The summed E-state index contributed by atoms with van der Waals surface area (Å²) in [5.41, 5.74) is 2.09. The molecule has 1 N–H and O–H groups in total. The van der Waals surface area contributed by atoms with Gasteiger partial charge in [0.15, 0.2) is 0 Å². The highest BCUT2D eigenvalue weighted by molar-refractivity contribution is 5.74. The van der Waals surface area contributed by atoms with E-state index < -0.39 is 0 Å². The highest BCUT2D eigenvalue weighted by Gasteiger charge is 2.06. The topological polar surface area (TPSA) is 50.9 Å². The van der Waals surface area contributed by atoms with Gasteiger partial charge < -0.3 is 9.67 Å². The fraction of sp³-hybridized carbons (Fsp3) is 0.500. The van der Waals surface area contributed by atoms with Crippen molar-refractivity contribution in [1.29, 1.82) is 0 Å². The molecule has 2 heterocycles. The smallest absolute Gasteiger partial charge is 0.109 e. The molecule has 0 bridgehead atoms. The molecular formula is C12H17N3O. The van der Waals surface area contributed by atoms with Crippen LogP contribution in [-0.4, -0.2) is 26.2 Å². The van der Waals surface area contributed by atoms with E-state index in [-0.39, 0.29) is 6.61 Å². The highest BCUT2D eigenvalue weighted by atomic mass is 16.2. The first kappa shape index (κ1) is 11.1. The molecule has 2 rings (SSSR count). The lowest BCUT2D eigenvalue weighted by Crippen LogP contribution is -1.98. The maximum atomic E-state index is 8.70. The number of aryl methyl sites for hydroxylation is 2. The van der Waals surface area contributed by atoms with Crippen LogP contribution in [0.5, 0.6) is 0 Å². The van der Waals surface area contributed by atoms with E-state index in [1.54, 1.807) is 12.4 Å². The molecule has 0 aromatic carbocycles. The maximum absolute atomic E-state index is 8.70. The lowest BCUT2D eigenvalue weighted by atomic mass is 10.2. The second-order valence-corrected chi connectivity index (χ2v) is 3.99. The first-order valence-corrected chi connectivity index (χ1v) is 5.69. The van der Waals surface area contributed by atoms with Crippen molar-refractivity contribution < 1.29 is 5.11 Å². The summed E-state index contributed by atoms with van der Waals surface area (Å²) in [5.74, 6) is 1.10. The summed E-state index contributed by atoms with van der Waals surface area (Å²) in [7, 11) is 2.04. The number of pyridine rings is 1. The molecule has 0 aliphatic carbocycles. The molecule has 86 valence electrons. The molecule has 0 atom stereocenters. The minimum absolute atomic E-state index is 0.284. The minimum atomic E-state index is 0.284. The Morgan fingerprint density at radius 1 is 1.31 bits per heavy atom. The maximum Gasteiger partial charge on any atom is 0.109 e. The number of imidazole rings is 1. The molecule has 0 fully saturated rings. The first-order valence-electron chi connectivity index (χ1n) is 5.69. The van der Waals surface area contributed by atoms with Gasteiger partial charge in [-0.25, -0.2) is 4.98 Å². The van der Waals surface area contributed by atoms with Crippen molar-refractivity contribution in [2.24, 2.45) is 7.05 Å². The van der Waals surface area contributed by atoms with Crippen molar-refractivity contribution in [3.8, 4) is 0 Å². The number of unbranched alkanes of at least 4 members (excludes halogenated alkanes) is 2. The van der Waals surface area contributed by atoms with Crippen molar-refractivity contribution in [1.82, 2.24) is 14.5 Å². The molecule has 4 heteroatoms. The normalized spacial score (nSPS) is 11.1. The standard InChI is InChI=1S/C12H17N3O/c1-15-11-6-7-13-9-10(11)14-12(15)5-3-2-4-8-16/h6-7,9,16H,2-5,8H2,1H3. The van der Waals surface area contributed by atoms with E-state index in [4.69, 9.17) is 5.11 Å². The van der Waals surface area contributed by atoms with Gasteiger partial charge in [0, 0.05) is 26.3 Å². The largest absolute Gasteiger partial charge is 0.396 e. The molecule has 16 heavy (non-hydrogen) atoms. The summed E-state index contributed by atoms with van der Waals surface area (Å²) in [4.78, 5) is 8.62. The van der Waals surface area contributed by atoms with E-state index in [0.29, 0.717) is 0 Å². The molecule has 0 radical (unpaired) electrons. The van der Waals surface area contributed by atoms with Crippen LogP contribution in [0.3, 0.4) is 0 Å². The van der Waals surface area contributed by atoms with Crippen LogP contribution in [0.2, 0.25) is 0 Å². The van der Waals surface area contributed by atoms with E-state index in [1.807, 2.05) is 13.1 Å². The van der Waals surface area contributed by atoms with Gasteiger partial charge in [-0.05, 0) is 18.9 Å². The Balaban J connectivity index is 2.09. The van der Waals surface area contributed by atoms with Gasteiger partial charge in [-0.2, -0.15) is 0 Å². The van der Waals surface area contributed by atoms with Crippen molar-refractivity contribution in [2.75, 3.05) is 6.61 Å². The Hall–Kier alpha value is -1.42. The number of aliphatic hydroxyl groups is 1. The fourth-order valence-electron chi connectivity index (χ4n) is 1.90. The summed E-state index contributed by atoms with van der Waals surface area (Å²) in [5, 5.41) is 8.70. The van der Waals surface area contributed by atoms with E-state index >= 15 is 0 Å². The van der Waals surface area contributed by atoms with Crippen LogP contribution in [0.4, 0.5) is 0 Å². The molecule has 0 unspecified atom stereocenters. The van der Waals surface area contributed by atoms with E-state index in [9.17, 15) is 0 Å². The van der Waals surface area contributed by atoms with Gasteiger partial charge in [-0.1, -0.05) is 6.42 Å². The number of aromatic nitrogens is 3. The van der Waals surface area contributed by atoms with Crippen molar-refractivity contribution in [3.63, 3.8) is 0 Å². The van der Waals surface area contributed by atoms with E-state index in [0.717, 1.165) is 42.5 Å². The van der Waals surface area contributed by atoms with Crippen molar-refractivity contribution in [2.45, 2.75) is 25.7 Å². The van der Waals surface area contributed by atoms with Crippen molar-refractivity contribution >= 4 is 11.0 Å². The third kappa shape index (κ3) is 2.22. The molecule has 0 saturated heterocycles. The predicted molar refractivity (Wildman–Crippen MR) is 63.1 cm³/mol. The highest BCUT2D eigenvalue weighted by Crippen LogP contribution is 2.14. The first-order chi connectivity index (χ1) is 7.83. The summed E-state index contributed by atoms with van der Waals surface area (Å²) < 4.78 is 2.12. The molecule has 0 amide bonds. The van der Waals surface area contributed by atoms with Gasteiger partial charge in [0.2, 0.25) is 0 Å². The molecular weight excluding hydrogens is 202 g/mol. The average molecular weight is 219 g/mol. The minimum Gasteiger partial charge on any atom is -0.396 e. The van der Waals surface area contributed by atoms with Gasteiger partial charge in [-0.3, -0.25) is 4.98 Å². The third-order valence-electron chi connectivity index (χ3n) is 2.83. The van der Waals surface area contributed by atoms with Crippen LogP contribution in [0.25, 0.3) is 11.0 Å². The quantitative estimate of drug-likeness (QED) is 0.778. The van der Waals surface area contributed by atoms with Crippen LogP contribution in [0.1, 0.15) is 25.1 Å². The zero-order valence-corrected chi connectivity index (χ0v) is 9.56. The lowest BCUT2D eigenvalue weighted by molar-refractivity contribution is 0.283. The Morgan fingerprint density at radius 2 is 2.19 bits per heavy atom. The molecule has 0 spiro atoms. The second kappa shape index (κ2) is 5.07. The van der Waals surface area contributed by atoms with Gasteiger partial charge in [0.1, 0.15) is 11.3 Å². The monoisotopic (exact) mass is 219 g/mol. The predicted octanol–water partition coefficient (Wildman–Crippen LogP) is 1.67. The summed E-state index contributed by atoms with van der Waals surface area (Å²) in [6.45, 7) is 0.284. The molecule has 2 aromatic rings. The Morgan fingerprint density at radius 3 is 2.94 bits per heavy atom. The molecule has 4 nitrogen and oxygen atoms in total. The van der Waals surface area contributed by atoms with Crippen LogP contribution in [0.15, 0.2) is 18.5 Å². The molecule has 0 aliphatic heterocycles. The number of nitrogens with zero attached hydrogens (tertiary/aromatic N) is 3. The molecule has 0 aliphatic rings. The van der Waals surface area contributed by atoms with Crippen LogP contribution >= 0.6 is 0 Å². The second-order valence-electron chi connectivity index (χ2n) is 3.99. The van der Waals surface area contributed by atoms with Crippen LogP contribution in [0, 0.1) is 0 Å². The Kier molecular flexibility index (Phi) is 3.51. The van der Waals surface area contributed by atoms with Crippen LogP contribution in [-0.2, 0) is 13.5 Å². The van der Waals surface area contributed by atoms with Gasteiger partial charge in [0.25, 0.3) is 0 Å².